The second-order valence-electron chi connectivity index (χ2n) is 3.61. The number of nitro groups is 1. The zero-order chi connectivity index (χ0) is 14.7. The molecule has 0 atom stereocenters. The van der Waals surface area contributed by atoms with Gasteiger partial charge in [0, 0.05) is 15.7 Å². The number of nitrogens with zero attached hydrogens (tertiary/aromatic N) is 3. The molecule has 2 rings (SSSR count). The summed E-state index contributed by atoms with van der Waals surface area (Å²) in [4.78, 5) is 17.9. The van der Waals surface area contributed by atoms with Crippen LogP contribution in [0.2, 0.25) is 10.0 Å². The number of hydrazine groups is 1. The molecular weight excluding hydrogens is 307 g/mol. The Bertz CT molecular complexity index is 646. The van der Waals surface area contributed by atoms with Crippen LogP contribution in [0.5, 0.6) is 0 Å². The van der Waals surface area contributed by atoms with Gasteiger partial charge in [0.15, 0.2) is 0 Å². The van der Waals surface area contributed by atoms with E-state index in [1.54, 1.807) is 12.1 Å². The van der Waals surface area contributed by atoms with E-state index in [-0.39, 0.29) is 17.5 Å². The lowest BCUT2D eigenvalue weighted by Gasteiger charge is -2.08. The Kier molecular flexibility index (Phi) is 4.18. The summed E-state index contributed by atoms with van der Waals surface area (Å²) in [6.45, 7) is 0. The molecule has 1 heterocycles. The highest BCUT2D eigenvalue weighted by molar-refractivity contribution is 6.35. The van der Waals surface area contributed by atoms with Crippen LogP contribution in [0.25, 0.3) is 0 Å². The minimum Gasteiger partial charge on any atom is -0.334 e. The van der Waals surface area contributed by atoms with Crippen LogP contribution in [-0.4, -0.2) is 14.9 Å². The fraction of sp³-hybridized carbons (Fsp3) is 0. The average Bonchev–Trinajstić information content (AvgIpc) is 2.37. The topological polar surface area (TPSA) is 119 Å². The number of anilines is 3. The van der Waals surface area contributed by atoms with E-state index >= 15 is 0 Å². The van der Waals surface area contributed by atoms with Crippen molar-refractivity contribution in [1.29, 1.82) is 0 Å². The van der Waals surface area contributed by atoms with Crippen molar-refractivity contribution in [1.82, 2.24) is 9.97 Å². The summed E-state index contributed by atoms with van der Waals surface area (Å²) >= 11 is 11.7. The summed E-state index contributed by atoms with van der Waals surface area (Å²) < 4.78 is 0. The number of nitrogens with one attached hydrogen (secondary N) is 2. The van der Waals surface area contributed by atoms with E-state index in [9.17, 15) is 10.1 Å². The molecule has 0 aliphatic rings. The average molecular weight is 315 g/mol. The number of nitrogens with two attached hydrogens (primary N) is 1. The van der Waals surface area contributed by atoms with Gasteiger partial charge in [-0.05, 0) is 18.2 Å². The maximum atomic E-state index is 10.9. The summed E-state index contributed by atoms with van der Waals surface area (Å²) in [7, 11) is 0. The Morgan fingerprint density at radius 3 is 2.45 bits per heavy atom. The largest absolute Gasteiger partial charge is 0.334 e. The van der Waals surface area contributed by atoms with Crippen LogP contribution >= 0.6 is 23.2 Å². The highest BCUT2D eigenvalue weighted by Gasteiger charge is 2.17. The summed E-state index contributed by atoms with van der Waals surface area (Å²) in [5.41, 5.74) is 2.35. The fourth-order valence-corrected chi connectivity index (χ4v) is 1.96. The summed E-state index contributed by atoms with van der Waals surface area (Å²) in [6.07, 6.45) is 1.04. The third-order valence-corrected chi connectivity index (χ3v) is 2.66. The van der Waals surface area contributed by atoms with E-state index in [1.165, 1.54) is 6.07 Å². The lowest BCUT2D eigenvalue weighted by atomic mass is 10.3. The van der Waals surface area contributed by atoms with E-state index in [4.69, 9.17) is 29.0 Å². The molecule has 0 bridgehead atoms. The van der Waals surface area contributed by atoms with Crippen molar-refractivity contribution in [3.8, 4) is 0 Å². The number of halogens is 2. The van der Waals surface area contributed by atoms with Gasteiger partial charge >= 0.3 is 5.69 Å². The van der Waals surface area contributed by atoms with Crippen molar-refractivity contribution in [2.45, 2.75) is 0 Å². The van der Waals surface area contributed by atoms with Crippen LogP contribution in [-0.2, 0) is 0 Å². The minimum absolute atomic E-state index is 0.0312. The van der Waals surface area contributed by atoms with Crippen molar-refractivity contribution >= 4 is 46.3 Å². The predicted octanol–water partition coefficient (Wildman–Crippen LogP) is 2.72. The van der Waals surface area contributed by atoms with Crippen LogP contribution in [0.3, 0.4) is 0 Å². The second-order valence-corrected chi connectivity index (χ2v) is 4.48. The summed E-state index contributed by atoms with van der Waals surface area (Å²) in [5, 5.41) is 14.4. The van der Waals surface area contributed by atoms with Gasteiger partial charge in [-0.15, -0.1) is 0 Å². The molecular formula is C10H8Cl2N6O2. The molecule has 10 heteroatoms. The predicted molar refractivity (Wildman–Crippen MR) is 76.2 cm³/mol. The van der Waals surface area contributed by atoms with E-state index in [1.807, 2.05) is 0 Å². The van der Waals surface area contributed by atoms with E-state index < -0.39 is 4.92 Å². The van der Waals surface area contributed by atoms with Gasteiger partial charge in [-0.25, -0.2) is 10.8 Å². The number of rotatable bonds is 4. The molecule has 0 unspecified atom stereocenters. The molecule has 1 aromatic heterocycles. The van der Waals surface area contributed by atoms with Crippen LogP contribution in [0.1, 0.15) is 0 Å². The number of hydrogen-bond acceptors (Lipinski definition) is 7. The molecule has 0 aliphatic carbocycles. The van der Waals surface area contributed by atoms with Gasteiger partial charge in [-0.1, -0.05) is 23.2 Å². The zero-order valence-corrected chi connectivity index (χ0v) is 11.3. The van der Waals surface area contributed by atoms with Gasteiger partial charge < -0.3 is 5.32 Å². The normalized spacial score (nSPS) is 10.2. The van der Waals surface area contributed by atoms with Crippen LogP contribution in [0.4, 0.5) is 23.1 Å². The highest BCUT2D eigenvalue weighted by Crippen LogP contribution is 2.29. The zero-order valence-electron chi connectivity index (χ0n) is 9.80. The second kappa shape index (κ2) is 5.87. The van der Waals surface area contributed by atoms with Crippen molar-refractivity contribution in [2.75, 3.05) is 10.7 Å². The minimum atomic E-state index is -0.616. The SMILES string of the molecule is NNc1ncc([N+](=O)[O-])c(Nc2cc(Cl)cc(Cl)c2)n1. The van der Waals surface area contributed by atoms with Crippen LogP contribution < -0.4 is 16.6 Å². The number of hydrogen-bond donors (Lipinski definition) is 3. The first-order chi connectivity index (χ1) is 9.49. The molecule has 0 aliphatic heterocycles. The van der Waals surface area contributed by atoms with Gasteiger partial charge in [0.2, 0.25) is 11.8 Å². The molecule has 1 aromatic carbocycles. The maximum absolute atomic E-state index is 10.9. The van der Waals surface area contributed by atoms with E-state index in [0.717, 1.165) is 6.20 Å². The van der Waals surface area contributed by atoms with Gasteiger partial charge in [0.05, 0.1) is 4.92 Å². The first kappa shape index (κ1) is 14.3. The number of benzene rings is 1. The third-order valence-electron chi connectivity index (χ3n) is 2.22. The maximum Gasteiger partial charge on any atom is 0.329 e. The Balaban J connectivity index is 2.42. The monoisotopic (exact) mass is 314 g/mol. The first-order valence-electron chi connectivity index (χ1n) is 5.21. The Morgan fingerprint density at radius 2 is 1.90 bits per heavy atom. The molecule has 4 N–H and O–H groups in total. The van der Waals surface area contributed by atoms with Crippen molar-refractivity contribution in [3.05, 3.63) is 44.6 Å². The Labute approximate surface area is 123 Å². The van der Waals surface area contributed by atoms with E-state index in [2.05, 4.69) is 20.7 Å². The number of aromatic nitrogens is 2. The Hall–Kier alpha value is -2.16. The molecule has 2 aromatic rings. The number of nitrogen functional groups attached to an aromatic ring is 1. The smallest absolute Gasteiger partial charge is 0.329 e. The molecule has 0 saturated heterocycles. The Morgan fingerprint density at radius 1 is 1.25 bits per heavy atom. The van der Waals surface area contributed by atoms with Crippen LogP contribution in [0.15, 0.2) is 24.4 Å². The fourth-order valence-electron chi connectivity index (χ4n) is 1.43. The first-order valence-corrected chi connectivity index (χ1v) is 5.96. The van der Waals surface area contributed by atoms with Crippen molar-refractivity contribution in [2.24, 2.45) is 5.84 Å². The summed E-state index contributed by atoms with van der Waals surface area (Å²) in [5.74, 6) is 5.17. The van der Waals surface area contributed by atoms with Gasteiger partial charge in [-0.2, -0.15) is 4.98 Å². The lowest BCUT2D eigenvalue weighted by molar-refractivity contribution is -0.384. The quantitative estimate of drug-likeness (QED) is 0.451. The molecule has 0 fully saturated rings. The summed E-state index contributed by atoms with van der Waals surface area (Å²) in [6, 6.07) is 4.64. The molecule has 0 saturated carbocycles. The molecule has 104 valence electrons. The van der Waals surface area contributed by atoms with Crippen LogP contribution in [0, 0.1) is 10.1 Å². The molecule has 0 radical (unpaired) electrons. The van der Waals surface area contributed by atoms with Gasteiger partial charge in [-0.3, -0.25) is 15.5 Å². The molecule has 8 nitrogen and oxygen atoms in total. The third kappa shape index (κ3) is 3.23. The van der Waals surface area contributed by atoms with Crippen molar-refractivity contribution < 1.29 is 4.92 Å². The molecule has 0 spiro atoms. The van der Waals surface area contributed by atoms with E-state index in [0.29, 0.717) is 15.7 Å². The molecule has 20 heavy (non-hydrogen) atoms. The van der Waals surface area contributed by atoms with Crippen molar-refractivity contribution in [3.63, 3.8) is 0 Å². The highest BCUT2D eigenvalue weighted by atomic mass is 35.5. The van der Waals surface area contributed by atoms with Gasteiger partial charge in [0.1, 0.15) is 6.20 Å². The van der Waals surface area contributed by atoms with Gasteiger partial charge in [0.25, 0.3) is 0 Å². The standard InChI is InChI=1S/C10H8Cl2N6O2/c11-5-1-6(12)3-7(2-5)15-9-8(18(19)20)4-14-10(16-9)17-13/h1-4H,13H2,(H2,14,15,16,17). The lowest BCUT2D eigenvalue weighted by Crippen LogP contribution is -2.12. The molecule has 0 amide bonds.